The molecule has 0 amide bonds. The second-order valence-electron chi connectivity index (χ2n) is 18.4. The normalized spacial score (nSPS) is 12.7. The Bertz CT molecular complexity index is 4050. The molecule has 328 valence electrons. The van der Waals surface area contributed by atoms with E-state index in [1.165, 1.54) is 107 Å². The van der Waals surface area contributed by atoms with E-state index in [1.807, 2.05) is 22.7 Å². The molecule has 0 fully saturated rings. The standard InChI is InChI=1S/C67H43NS2/c1-3-14-49(15-4-1)67(50-16-5-2-6-17-50)61-23-10-7-18-55(61)60-43-53(39-41-62(60)67)68(52-37-32-46(33-38-52)48-34-40-58-56-19-8-11-24-63(56)69-65(58)42-48)51-35-30-45(31-36-51)44-26-28-47(29-27-44)54-21-13-22-59-57-20-9-12-25-64(57)70-66(54)59/h1-43H. The van der Waals surface area contributed by atoms with Crippen molar-refractivity contribution in [2.45, 2.75) is 5.41 Å². The van der Waals surface area contributed by atoms with Gasteiger partial charge in [0.25, 0.3) is 0 Å². The van der Waals surface area contributed by atoms with Crippen molar-refractivity contribution >= 4 is 80.1 Å². The molecule has 0 spiro atoms. The first-order chi connectivity index (χ1) is 34.7. The number of rotatable bonds is 8. The maximum Gasteiger partial charge on any atom is 0.0713 e. The summed E-state index contributed by atoms with van der Waals surface area (Å²) in [4.78, 5) is 2.42. The third-order valence-corrected chi connectivity index (χ3v) is 17.0. The third-order valence-electron chi connectivity index (χ3n) is 14.6. The Hall–Kier alpha value is -8.34. The molecule has 14 rings (SSSR count). The summed E-state index contributed by atoms with van der Waals surface area (Å²) in [6.07, 6.45) is 0. The van der Waals surface area contributed by atoms with E-state index in [-0.39, 0.29) is 0 Å². The summed E-state index contributed by atoms with van der Waals surface area (Å²) < 4.78 is 5.31. The molecule has 0 saturated carbocycles. The smallest absolute Gasteiger partial charge is 0.0713 e. The van der Waals surface area contributed by atoms with Gasteiger partial charge in [-0.2, -0.15) is 0 Å². The van der Waals surface area contributed by atoms with Gasteiger partial charge in [-0.05, 0) is 121 Å². The molecule has 0 atom stereocenters. The van der Waals surface area contributed by atoms with Gasteiger partial charge in [0.05, 0.1) is 5.41 Å². The molecule has 70 heavy (non-hydrogen) atoms. The van der Waals surface area contributed by atoms with Crippen LogP contribution in [0.1, 0.15) is 22.3 Å². The lowest BCUT2D eigenvalue weighted by molar-refractivity contribution is 0.768. The van der Waals surface area contributed by atoms with Crippen LogP contribution < -0.4 is 4.90 Å². The fourth-order valence-electron chi connectivity index (χ4n) is 11.4. The molecule has 0 unspecified atom stereocenters. The predicted molar refractivity (Wildman–Crippen MR) is 301 cm³/mol. The van der Waals surface area contributed by atoms with Crippen molar-refractivity contribution in [1.29, 1.82) is 0 Å². The van der Waals surface area contributed by atoms with E-state index < -0.39 is 5.41 Å². The van der Waals surface area contributed by atoms with Gasteiger partial charge in [-0.25, -0.2) is 0 Å². The van der Waals surface area contributed by atoms with Crippen molar-refractivity contribution in [3.63, 3.8) is 0 Å². The molecule has 0 saturated heterocycles. The molecule has 1 aliphatic rings. The summed E-state index contributed by atoms with van der Waals surface area (Å²) in [7, 11) is 0. The Kier molecular flexibility index (Phi) is 9.55. The highest BCUT2D eigenvalue weighted by atomic mass is 32.1. The molecule has 0 N–H and O–H groups in total. The zero-order chi connectivity index (χ0) is 46.2. The van der Waals surface area contributed by atoms with E-state index >= 15 is 0 Å². The van der Waals surface area contributed by atoms with Crippen LogP contribution in [0.5, 0.6) is 0 Å². The Balaban J connectivity index is 0.872. The molecule has 0 bridgehead atoms. The predicted octanol–water partition coefficient (Wildman–Crippen LogP) is 19.3. The van der Waals surface area contributed by atoms with Crippen LogP contribution in [-0.2, 0) is 5.41 Å². The number of anilines is 3. The number of hydrogen-bond acceptors (Lipinski definition) is 3. The van der Waals surface area contributed by atoms with Gasteiger partial charge in [0, 0.05) is 57.4 Å². The second-order valence-corrected chi connectivity index (χ2v) is 20.5. The van der Waals surface area contributed by atoms with Crippen molar-refractivity contribution in [2.75, 3.05) is 4.90 Å². The first-order valence-corrected chi connectivity index (χ1v) is 25.6. The van der Waals surface area contributed by atoms with Crippen molar-refractivity contribution in [1.82, 2.24) is 0 Å². The average molecular weight is 926 g/mol. The molecule has 13 aromatic rings. The maximum absolute atomic E-state index is 2.43. The molecule has 11 aromatic carbocycles. The highest BCUT2D eigenvalue weighted by Gasteiger charge is 2.46. The maximum atomic E-state index is 2.43. The monoisotopic (exact) mass is 925 g/mol. The number of benzene rings is 11. The zero-order valence-corrected chi connectivity index (χ0v) is 39.7. The van der Waals surface area contributed by atoms with Crippen molar-refractivity contribution in [3.05, 3.63) is 283 Å². The van der Waals surface area contributed by atoms with E-state index in [4.69, 9.17) is 0 Å². The van der Waals surface area contributed by atoms with Gasteiger partial charge in [-0.1, -0.05) is 206 Å². The number of fused-ring (bicyclic) bond motifs is 9. The SMILES string of the molecule is c1ccc(C2(c3ccccc3)c3ccccc3-c3cc(N(c4ccc(-c5ccc(-c6cccc7c6sc6ccccc67)cc5)cc4)c4ccc(-c5ccc6c(c5)sc5ccccc56)cc4)ccc32)cc1. The molecule has 1 nitrogen and oxygen atoms in total. The van der Waals surface area contributed by atoms with Crippen molar-refractivity contribution in [2.24, 2.45) is 0 Å². The van der Waals surface area contributed by atoms with E-state index in [2.05, 4.69) is 266 Å². The molecular formula is C67H43NS2. The first-order valence-electron chi connectivity index (χ1n) is 24.0. The van der Waals surface area contributed by atoms with Gasteiger partial charge in [0.2, 0.25) is 0 Å². The Morgan fingerprint density at radius 1 is 0.271 bits per heavy atom. The largest absolute Gasteiger partial charge is 0.310 e. The molecular weight excluding hydrogens is 883 g/mol. The van der Waals surface area contributed by atoms with Crippen LogP contribution in [0.25, 0.3) is 84.9 Å². The molecule has 0 aliphatic heterocycles. The van der Waals surface area contributed by atoms with Gasteiger partial charge in [0.15, 0.2) is 0 Å². The summed E-state index contributed by atoms with van der Waals surface area (Å²) in [5.41, 5.74) is 17.8. The third kappa shape index (κ3) is 6.43. The van der Waals surface area contributed by atoms with Gasteiger partial charge >= 0.3 is 0 Å². The molecule has 2 heterocycles. The van der Waals surface area contributed by atoms with Crippen LogP contribution in [-0.4, -0.2) is 0 Å². The van der Waals surface area contributed by atoms with Gasteiger partial charge in [-0.15, -0.1) is 22.7 Å². The second kappa shape index (κ2) is 16.4. The van der Waals surface area contributed by atoms with Crippen LogP contribution in [0.15, 0.2) is 261 Å². The van der Waals surface area contributed by atoms with Crippen LogP contribution in [0.3, 0.4) is 0 Å². The minimum Gasteiger partial charge on any atom is -0.310 e. The lowest BCUT2D eigenvalue weighted by Crippen LogP contribution is -2.28. The minimum absolute atomic E-state index is 0.462. The minimum atomic E-state index is -0.462. The molecule has 2 aromatic heterocycles. The van der Waals surface area contributed by atoms with Crippen molar-refractivity contribution in [3.8, 4) is 44.5 Å². The highest BCUT2D eigenvalue weighted by Crippen LogP contribution is 2.57. The number of thiophene rings is 2. The van der Waals surface area contributed by atoms with Crippen LogP contribution in [0.4, 0.5) is 17.1 Å². The summed E-state index contributed by atoms with van der Waals surface area (Å²) >= 11 is 3.75. The van der Waals surface area contributed by atoms with Crippen LogP contribution in [0.2, 0.25) is 0 Å². The summed E-state index contributed by atoms with van der Waals surface area (Å²) in [5, 5.41) is 5.29. The van der Waals surface area contributed by atoms with E-state index in [0.29, 0.717) is 0 Å². The summed E-state index contributed by atoms with van der Waals surface area (Å²) in [6, 6.07) is 96.7. The Labute approximate surface area is 415 Å². The van der Waals surface area contributed by atoms with E-state index in [0.717, 1.165) is 17.1 Å². The van der Waals surface area contributed by atoms with E-state index in [9.17, 15) is 0 Å². The van der Waals surface area contributed by atoms with Gasteiger partial charge in [-0.3, -0.25) is 0 Å². The summed E-state index contributed by atoms with van der Waals surface area (Å²) in [5.74, 6) is 0. The Morgan fingerprint density at radius 3 is 1.43 bits per heavy atom. The zero-order valence-electron chi connectivity index (χ0n) is 38.1. The molecule has 1 aliphatic carbocycles. The van der Waals surface area contributed by atoms with Crippen molar-refractivity contribution < 1.29 is 0 Å². The summed E-state index contributed by atoms with van der Waals surface area (Å²) in [6.45, 7) is 0. The quantitative estimate of drug-likeness (QED) is 0.147. The molecule has 0 radical (unpaired) electrons. The van der Waals surface area contributed by atoms with E-state index in [1.54, 1.807) is 0 Å². The number of hydrogen-bond donors (Lipinski definition) is 0. The topological polar surface area (TPSA) is 3.24 Å². The molecule has 3 heteroatoms. The van der Waals surface area contributed by atoms with Crippen LogP contribution >= 0.6 is 22.7 Å². The fraction of sp³-hybridized carbons (Fsp3) is 0.0149. The van der Waals surface area contributed by atoms with Crippen LogP contribution in [0, 0.1) is 0 Å². The highest BCUT2D eigenvalue weighted by molar-refractivity contribution is 7.26. The van der Waals surface area contributed by atoms with Gasteiger partial charge in [0.1, 0.15) is 0 Å². The lowest BCUT2D eigenvalue weighted by atomic mass is 9.68. The number of nitrogens with zero attached hydrogens (tertiary/aromatic N) is 1. The Morgan fingerprint density at radius 2 is 0.743 bits per heavy atom. The van der Waals surface area contributed by atoms with Gasteiger partial charge < -0.3 is 4.90 Å². The lowest BCUT2D eigenvalue weighted by Gasteiger charge is -2.34. The average Bonchev–Trinajstić information content (AvgIpc) is 4.10. The first kappa shape index (κ1) is 40.7. The fourth-order valence-corrected chi connectivity index (χ4v) is 13.7.